The van der Waals surface area contributed by atoms with Gasteiger partial charge in [-0.3, -0.25) is 9.78 Å². The molecule has 0 saturated heterocycles. The summed E-state index contributed by atoms with van der Waals surface area (Å²) in [4.78, 5) is 12.3. The van der Waals surface area contributed by atoms with Gasteiger partial charge in [-0.1, -0.05) is 0 Å². The number of hydrogen-bond acceptors (Lipinski definition) is 2. The van der Waals surface area contributed by atoms with E-state index in [0.717, 1.165) is 0 Å². The molecule has 3 nitrogen and oxygen atoms in total. The summed E-state index contributed by atoms with van der Waals surface area (Å²) in [6.45, 7) is 0. The summed E-state index contributed by atoms with van der Waals surface area (Å²) < 4.78 is 17.0. The predicted molar refractivity (Wildman–Crippen MR) is 33.6 cm³/mol. The molecule has 1 aromatic heterocycles. The fourth-order valence-electron chi connectivity index (χ4n) is 0.594. The number of hydrogen-bond donors (Lipinski definition) is 1. The minimum atomic E-state index is -0.741. The van der Waals surface area contributed by atoms with Crippen molar-refractivity contribution in [3.8, 4) is 5.75 Å². The maximum atomic E-state index is 12.5. The van der Waals surface area contributed by atoms with Gasteiger partial charge in [0.25, 0.3) is 0 Å². The normalized spacial score (nSPS) is 9.40. The lowest BCUT2D eigenvalue weighted by Crippen LogP contribution is -2.06. The van der Waals surface area contributed by atoms with E-state index in [9.17, 15) is 9.18 Å². The molecule has 1 heterocycles. The van der Waals surface area contributed by atoms with Crippen molar-refractivity contribution in [2.45, 2.75) is 0 Å². The van der Waals surface area contributed by atoms with Crippen LogP contribution < -0.4 is 10.3 Å². The number of H-pyrrole nitrogens is 1. The number of aromatic nitrogens is 1. The molecule has 1 aromatic rings. The third kappa shape index (κ3) is 1.15. The molecular formula is C6H6FNO2. The smallest absolute Gasteiger partial charge is 0.250 e. The SMILES string of the molecule is COc1ccc(=O)[nH]c1F. The van der Waals surface area contributed by atoms with Crippen LogP contribution in [0, 0.1) is 5.95 Å². The van der Waals surface area contributed by atoms with Crippen molar-refractivity contribution in [1.29, 1.82) is 0 Å². The lowest BCUT2D eigenvalue weighted by Gasteiger charge is -1.97. The minimum absolute atomic E-state index is 0.0413. The van der Waals surface area contributed by atoms with Gasteiger partial charge < -0.3 is 4.74 Å². The molecular weight excluding hydrogens is 137 g/mol. The average Bonchev–Trinajstić information content (AvgIpc) is 1.88. The molecule has 1 rings (SSSR count). The van der Waals surface area contributed by atoms with Crippen LogP contribution in [0.15, 0.2) is 16.9 Å². The van der Waals surface area contributed by atoms with Crippen LogP contribution in [0.4, 0.5) is 4.39 Å². The first kappa shape index (κ1) is 6.80. The van der Waals surface area contributed by atoms with Gasteiger partial charge in [0.05, 0.1) is 7.11 Å². The summed E-state index contributed by atoms with van der Waals surface area (Å²) in [6, 6.07) is 2.47. The Hall–Kier alpha value is -1.32. The van der Waals surface area contributed by atoms with Crippen molar-refractivity contribution < 1.29 is 9.13 Å². The summed E-state index contributed by atoms with van der Waals surface area (Å²) in [5.41, 5.74) is -0.474. The van der Waals surface area contributed by atoms with Crippen LogP contribution >= 0.6 is 0 Å². The fraction of sp³-hybridized carbons (Fsp3) is 0.167. The first-order chi connectivity index (χ1) is 4.74. The highest BCUT2D eigenvalue weighted by molar-refractivity contribution is 5.17. The Morgan fingerprint density at radius 1 is 1.60 bits per heavy atom. The average molecular weight is 143 g/mol. The highest BCUT2D eigenvalue weighted by atomic mass is 19.1. The lowest BCUT2D eigenvalue weighted by atomic mass is 10.4. The van der Waals surface area contributed by atoms with E-state index in [1.54, 1.807) is 0 Å². The maximum Gasteiger partial charge on any atom is 0.250 e. The molecule has 4 heteroatoms. The quantitative estimate of drug-likeness (QED) is 0.582. The third-order valence-electron chi connectivity index (χ3n) is 1.06. The number of rotatable bonds is 1. The molecule has 10 heavy (non-hydrogen) atoms. The molecule has 0 amide bonds. The summed E-state index contributed by atoms with van der Waals surface area (Å²) >= 11 is 0. The second-order valence-electron chi connectivity index (χ2n) is 1.70. The van der Waals surface area contributed by atoms with Gasteiger partial charge in [-0.2, -0.15) is 4.39 Å². The van der Waals surface area contributed by atoms with Gasteiger partial charge in [0.1, 0.15) is 0 Å². The summed E-state index contributed by atoms with van der Waals surface area (Å²) in [5.74, 6) is -0.699. The Labute approximate surface area is 56.5 Å². The summed E-state index contributed by atoms with van der Waals surface area (Å²) in [6.07, 6.45) is 0. The number of pyridine rings is 1. The molecule has 0 aliphatic rings. The second kappa shape index (κ2) is 2.51. The zero-order chi connectivity index (χ0) is 7.56. The molecule has 0 bridgehead atoms. The first-order valence-corrected chi connectivity index (χ1v) is 2.67. The van der Waals surface area contributed by atoms with E-state index in [0.29, 0.717) is 0 Å². The van der Waals surface area contributed by atoms with E-state index in [-0.39, 0.29) is 5.75 Å². The van der Waals surface area contributed by atoms with E-state index in [4.69, 9.17) is 0 Å². The standard InChI is InChI=1S/C6H6FNO2/c1-10-4-2-3-5(9)8-6(4)7/h2-3H,1H3,(H,8,9). The number of methoxy groups -OCH3 is 1. The zero-order valence-electron chi connectivity index (χ0n) is 5.35. The van der Waals surface area contributed by atoms with Gasteiger partial charge in [-0.25, -0.2) is 0 Å². The van der Waals surface area contributed by atoms with Gasteiger partial charge >= 0.3 is 0 Å². The molecule has 0 radical (unpaired) electrons. The molecule has 0 aliphatic carbocycles. The van der Waals surface area contributed by atoms with Gasteiger partial charge in [0.2, 0.25) is 11.5 Å². The molecule has 0 atom stereocenters. The molecule has 54 valence electrons. The van der Waals surface area contributed by atoms with Gasteiger partial charge in [-0.15, -0.1) is 0 Å². The lowest BCUT2D eigenvalue weighted by molar-refractivity contribution is 0.377. The van der Waals surface area contributed by atoms with Crippen molar-refractivity contribution in [3.05, 3.63) is 28.4 Å². The van der Waals surface area contributed by atoms with Crippen LogP contribution in [0.25, 0.3) is 0 Å². The first-order valence-electron chi connectivity index (χ1n) is 2.67. The van der Waals surface area contributed by atoms with Crippen molar-refractivity contribution in [2.24, 2.45) is 0 Å². The van der Waals surface area contributed by atoms with Gasteiger partial charge in [-0.05, 0) is 6.07 Å². The highest BCUT2D eigenvalue weighted by Gasteiger charge is 1.99. The Kier molecular flexibility index (Phi) is 1.71. The van der Waals surface area contributed by atoms with E-state index in [1.165, 1.54) is 19.2 Å². The van der Waals surface area contributed by atoms with Crippen LogP contribution in [0.5, 0.6) is 5.75 Å². The third-order valence-corrected chi connectivity index (χ3v) is 1.06. The summed E-state index contributed by atoms with van der Waals surface area (Å²) in [5, 5.41) is 0. The van der Waals surface area contributed by atoms with Gasteiger partial charge in [0.15, 0.2) is 5.75 Å². The monoisotopic (exact) mass is 143 g/mol. The molecule has 0 spiro atoms. The Bertz CT molecular complexity index is 281. The molecule has 0 aliphatic heterocycles. The number of ether oxygens (including phenoxy) is 1. The van der Waals surface area contributed by atoms with Crippen molar-refractivity contribution in [3.63, 3.8) is 0 Å². The maximum absolute atomic E-state index is 12.5. The zero-order valence-corrected chi connectivity index (χ0v) is 5.35. The summed E-state index contributed by atoms with van der Waals surface area (Å²) in [7, 11) is 1.33. The predicted octanol–water partition coefficient (Wildman–Crippen LogP) is 0.523. The number of aromatic amines is 1. The molecule has 1 N–H and O–H groups in total. The molecule has 0 saturated carbocycles. The van der Waals surface area contributed by atoms with Crippen LogP contribution in [-0.2, 0) is 0 Å². The van der Waals surface area contributed by atoms with Crippen LogP contribution in [0.2, 0.25) is 0 Å². The molecule has 0 aromatic carbocycles. The Morgan fingerprint density at radius 2 is 2.30 bits per heavy atom. The molecule has 0 unspecified atom stereocenters. The topological polar surface area (TPSA) is 42.1 Å². The highest BCUT2D eigenvalue weighted by Crippen LogP contribution is 2.08. The second-order valence-corrected chi connectivity index (χ2v) is 1.70. The van der Waals surface area contributed by atoms with E-state index < -0.39 is 11.5 Å². The van der Waals surface area contributed by atoms with Crippen LogP contribution in [0.3, 0.4) is 0 Å². The fourth-order valence-corrected chi connectivity index (χ4v) is 0.594. The van der Waals surface area contributed by atoms with Gasteiger partial charge in [0, 0.05) is 6.07 Å². The van der Waals surface area contributed by atoms with Crippen molar-refractivity contribution in [2.75, 3.05) is 7.11 Å². The van der Waals surface area contributed by atoms with E-state index in [1.807, 2.05) is 4.98 Å². The Morgan fingerprint density at radius 3 is 2.80 bits per heavy atom. The largest absolute Gasteiger partial charge is 0.492 e. The van der Waals surface area contributed by atoms with E-state index in [2.05, 4.69) is 4.74 Å². The number of nitrogens with one attached hydrogen (secondary N) is 1. The Balaban J connectivity index is 3.19. The van der Waals surface area contributed by atoms with E-state index >= 15 is 0 Å². The molecule has 0 fully saturated rings. The van der Waals surface area contributed by atoms with Crippen LogP contribution in [-0.4, -0.2) is 12.1 Å². The van der Waals surface area contributed by atoms with Crippen molar-refractivity contribution in [1.82, 2.24) is 4.98 Å². The minimum Gasteiger partial charge on any atom is -0.492 e. The van der Waals surface area contributed by atoms with Crippen LogP contribution in [0.1, 0.15) is 0 Å². The number of halogens is 1. The van der Waals surface area contributed by atoms with Crippen molar-refractivity contribution >= 4 is 0 Å².